The van der Waals surface area contributed by atoms with Crippen molar-refractivity contribution in [3.8, 4) is 5.75 Å². The predicted molar refractivity (Wildman–Crippen MR) is 87.1 cm³/mol. The largest absolute Gasteiger partial charge is 0.489 e. The molecule has 23 heavy (non-hydrogen) atoms. The highest BCUT2D eigenvalue weighted by Gasteiger charge is 2.30. The van der Waals surface area contributed by atoms with Gasteiger partial charge in [-0.1, -0.05) is 42.5 Å². The minimum absolute atomic E-state index is 0.0472. The van der Waals surface area contributed by atoms with Crippen LogP contribution in [0.1, 0.15) is 24.0 Å². The second kappa shape index (κ2) is 7.29. The molecule has 0 saturated carbocycles. The fourth-order valence-electron chi connectivity index (χ4n) is 2.82. The number of hydroxylamine groups is 2. The van der Waals surface area contributed by atoms with Crippen LogP contribution in [0, 0.1) is 5.92 Å². The monoisotopic (exact) mass is 311 g/mol. The molecule has 4 heteroatoms. The van der Waals surface area contributed by atoms with Crippen LogP contribution in [0.2, 0.25) is 0 Å². The van der Waals surface area contributed by atoms with Gasteiger partial charge >= 0.3 is 0 Å². The Morgan fingerprint density at radius 3 is 2.43 bits per heavy atom. The molecule has 0 bridgehead atoms. The van der Waals surface area contributed by atoms with E-state index in [2.05, 4.69) is 0 Å². The summed E-state index contributed by atoms with van der Waals surface area (Å²) in [5.74, 6) is 0.651. The molecule has 1 fully saturated rings. The molecule has 120 valence electrons. The molecule has 2 aromatic rings. The summed E-state index contributed by atoms with van der Waals surface area (Å²) in [6.07, 6.45) is 2.36. The van der Waals surface area contributed by atoms with Gasteiger partial charge in [0.2, 0.25) is 5.91 Å². The summed E-state index contributed by atoms with van der Waals surface area (Å²) < 4.78 is 5.76. The lowest BCUT2D eigenvalue weighted by molar-refractivity contribution is -0.160. The van der Waals surface area contributed by atoms with E-state index in [4.69, 9.17) is 4.74 Å². The van der Waals surface area contributed by atoms with Crippen LogP contribution in [0.25, 0.3) is 0 Å². The highest BCUT2D eigenvalue weighted by molar-refractivity contribution is 5.79. The standard InChI is InChI=1S/C19H21NO3/c21-19-17(12-13-20(19)22)9-6-15-7-10-18(11-8-15)23-14-16-4-2-1-3-5-16/h1-5,7-8,10-11,17,22H,6,9,12-14H2. The van der Waals surface area contributed by atoms with Crippen molar-refractivity contribution in [1.29, 1.82) is 0 Å². The molecule has 1 N–H and O–H groups in total. The SMILES string of the molecule is O=C1C(CCc2ccc(OCc3ccccc3)cc2)CCN1O. The molecule has 2 aromatic carbocycles. The van der Waals surface area contributed by atoms with Crippen molar-refractivity contribution in [2.75, 3.05) is 6.54 Å². The number of hydrogen-bond donors (Lipinski definition) is 1. The average Bonchev–Trinajstić information content (AvgIpc) is 2.92. The van der Waals surface area contributed by atoms with Crippen LogP contribution in [-0.4, -0.2) is 22.7 Å². The normalized spacial score (nSPS) is 17.5. The molecule has 1 unspecified atom stereocenters. The van der Waals surface area contributed by atoms with Crippen LogP contribution in [-0.2, 0) is 17.8 Å². The molecule has 3 rings (SSSR count). The van der Waals surface area contributed by atoms with E-state index in [1.807, 2.05) is 54.6 Å². The highest BCUT2D eigenvalue weighted by Crippen LogP contribution is 2.22. The summed E-state index contributed by atoms with van der Waals surface area (Å²) >= 11 is 0. The van der Waals surface area contributed by atoms with Gasteiger partial charge in [0.25, 0.3) is 0 Å². The zero-order valence-corrected chi connectivity index (χ0v) is 13.0. The third kappa shape index (κ3) is 4.11. The molecule has 1 amide bonds. The summed E-state index contributed by atoms with van der Waals surface area (Å²) in [4.78, 5) is 11.7. The number of nitrogens with zero attached hydrogens (tertiary/aromatic N) is 1. The van der Waals surface area contributed by atoms with Crippen molar-refractivity contribution in [2.24, 2.45) is 5.92 Å². The van der Waals surface area contributed by atoms with Gasteiger partial charge in [0.05, 0.1) is 0 Å². The molecular weight excluding hydrogens is 290 g/mol. The lowest BCUT2D eigenvalue weighted by atomic mass is 9.98. The number of hydrogen-bond acceptors (Lipinski definition) is 3. The zero-order valence-electron chi connectivity index (χ0n) is 13.0. The van der Waals surface area contributed by atoms with Gasteiger partial charge in [0.1, 0.15) is 12.4 Å². The molecule has 1 aliphatic rings. The minimum atomic E-state index is -0.146. The van der Waals surface area contributed by atoms with Gasteiger partial charge in [-0.25, -0.2) is 5.06 Å². The first kappa shape index (κ1) is 15.6. The molecule has 4 nitrogen and oxygen atoms in total. The van der Waals surface area contributed by atoms with Gasteiger partial charge < -0.3 is 4.74 Å². The van der Waals surface area contributed by atoms with Gasteiger partial charge in [0, 0.05) is 12.5 Å². The van der Waals surface area contributed by atoms with Crippen LogP contribution in [0.4, 0.5) is 0 Å². The maximum Gasteiger partial charge on any atom is 0.249 e. The molecule has 0 radical (unpaired) electrons. The van der Waals surface area contributed by atoms with E-state index >= 15 is 0 Å². The third-order valence-corrected chi connectivity index (χ3v) is 4.25. The van der Waals surface area contributed by atoms with Gasteiger partial charge in [-0.15, -0.1) is 0 Å². The quantitative estimate of drug-likeness (QED) is 0.831. The Hall–Kier alpha value is -2.33. The van der Waals surface area contributed by atoms with Gasteiger partial charge in [-0.2, -0.15) is 0 Å². The lowest BCUT2D eigenvalue weighted by Crippen LogP contribution is -2.23. The summed E-state index contributed by atoms with van der Waals surface area (Å²) in [6, 6.07) is 18.1. The summed E-state index contributed by atoms with van der Waals surface area (Å²) in [6.45, 7) is 1.01. The smallest absolute Gasteiger partial charge is 0.249 e. The molecular formula is C19H21NO3. The number of ether oxygens (including phenoxy) is 1. The van der Waals surface area contributed by atoms with E-state index in [0.717, 1.165) is 35.6 Å². The third-order valence-electron chi connectivity index (χ3n) is 4.25. The number of benzene rings is 2. The van der Waals surface area contributed by atoms with Crippen LogP contribution < -0.4 is 4.74 Å². The van der Waals surface area contributed by atoms with Gasteiger partial charge in [-0.05, 0) is 42.5 Å². The number of carbonyl (C=O) groups excluding carboxylic acids is 1. The Bertz CT molecular complexity index is 639. The Morgan fingerprint density at radius 2 is 1.78 bits per heavy atom. The molecule has 0 aromatic heterocycles. The van der Waals surface area contributed by atoms with E-state index in [1.54, 1.807) is 0 Å². The molecule has 1 aliphatic heterocycles. The lowest BCUT2D eigenvalue weighted by Gasteiger charge is -2.10. The van der Waals surface area contributed by atoms with Crippen molar-refractivity contribution < 1.29 is 14.7 Å². The van der Waals surface area contributed by atoms with Crippen molar-refractivity contribution in [3.63, 3.8) is 0 Å². The fourth-order valence-corrected chi connectivity index (χ4v) is 2.82. The number of aryl methyl sites for hydroxylation is 1. The Labute approximate surface area is 136 Å². The van der Waals surface area contributed by atoms with E-state index in [-0.39, 0.29) is 11.8 Å². The van der Waals surface area contributed by atoms with E-state index in [1.165, 1.54) is 5.56 Å². The van der Waals surface area contributed by atoms with Crippen LogP contribution in [0.3, 0.4) is 0 Å². The van der Waals surface area contributed by atoms with Gasteiger partial charge in [0.15, 0.2) is 0 Å². The molecule has 1 heterocycles. The van der Waals surface area contributed by atoms with E-state index in [9.17, 15) is 10.0 Å². The van der Waals surface area contributed by atoms with Crippen LogP contribution in [0.15, 0.2) is 54.6 Å². The molecule has 1 saturated heterocycles. The van der Waals surface area contributed by atoms with Crippen molar-refractivity contribution >= 4 is 5.91 Å². The average molecular weight is 311 g/mol. The molecule has 0 spiro atoms. The first-order valence-electron chi connectivity index (χ1n) is 7.98. The number of rotatable bonds is 6. The van der Waals surface area contributed by atoms with Crippen molar-refractivity contribution in [2.45, 2.75) is 25.9 Å². The van der Waals surface area contributed by atoms with Gasteiger partial charge in [-0.3, -0.25) is 10.0 Å². The fraction of sp³-hybridized carbons (Fsp3) is 0.316. The topological polar surface area (TPSA) is 49.8 Å². The first-order chi connectivity index (χ1) is 11.2. The van der Waals surface area contributed by atoms with Crippen LogP contribution in [0.5, 0.6) is 5.75 Å². The van der Waals surface area contributed by atoms with Crippen molar-refractivity contribution in [3.05, 3.63) is 65.7 Å². The van der Waals surface area contributed by atoms with E-state index in [0.29, 0.717) is 13.2 Å². The number of carbonyl (C=O) groups is 1. The highest BCUT2D eigenvalue weighted by atomic mass is 16.5. The summed E-state index contributed by atoms with van der Waals surface area (Å²) in [5.41, 5.74) is 2.33. The number of amides is 1. The first-order valence-corrected chi connectivity index (χ1v) is 7.98. The summed E-state index contributed by atoms with van der Waals surface area (Å²) in [5, 5.41) is 10.2. The molecule has 1 atom stereocenters. The summed E-state index contributed by atoms with van der Waals surface area (Å²) in [7, 11) is 0. The Kier molecular flexibility index (Phi) is 4.93. The Balaban J connectivity index is 1.48. The minimum Gasteiger partial charge on any atom is -0.489 e. The Morgan fingerprint density at radius 1 is 1.04 bits per heavy atom. The predicted octanol–water partition coefficient (Wildman–Crippen LogP) is 3.44. The zero-order chi connectivity index (χ0) is 16.1. The maximum atomic E-state index is 11.7. The van der Waals surface area contributed by atoms with Crippen LogP contribution >= 0.6 is 0 Å². The van der Waals surface area contributed by atoms with Crippen molar-refractivity contribution in [1.82, 2.24) is 5.06 Å². The second-order valence-corrected chi connectivity index (χ2v) is 5.90. The molecule has 0 aliphatic carbocycles. The van der Waals surface area contributed by atoms with E-state index < -0.39 is 0 Å². The maximum absolute atomic E-state index is 11.7. The second-order valence-electron chi connectivity index (χ2n) is 5.90.